The second-order valence-corrected chi connectivity index (χ2v) is 3.74. The van der Waals surface area contributed by atoms with Crippen LogP contribution in [0.2, 0.25) is 0 Å². The molecule has 0 aliphatic heterocycles. The molecule has 0 saturated carbocycles. The summed E-state index contributed by atoms with van der Waals surface area (Å²) in [7, 11) is 0. The van der Waals surface area contributed by atoms with Crippen LogP contribution in [0.3, 0.4) is 0 Å². The molecule has 0 heterocycles. The van der Waals surface area contributed by atoms with E-state index in [-0.39, 0.29) is 37.1 Å². The second kappa shape index (κ2) is 7.32. The maximum atomic E-state index is 11.7. The van der Waals surface area contributed by atoms with Crippen LogP contribution in [0.25, 0.3) is 0 Å². The summed E-state index contributed by atoms with van der Waals surface area (Å²) >= 11 is 0. The van der Waals surface area contributed by atoms with Crippen molar-refractivity contribution < 1.29 is 19.6 Å². The Bertz CT molecular complexity index is 450. The Balaban J connectivity index is 2.58. The monoisotopic (exact) mass is 268 g/mol. The molecule has 0 aromatic heterocycles. The molecule has 104 valence electrons. The Hall–Kier alpha value is -2.15. The molecule has 7 nitrogen and oxygen atoms in total. The first kappa shape index (κ1) is 14.9. The number of nitro benzene ring substituents is 1. The zero-order valence-corrected chi connectivity index (χ0v) is 10.6. The lowest BCUT2D eigenvalue weighted by Crippen LogP contribution is -2.36. The lowest BCUT2D eigenvalue weighted by molar-refractivity contribution is -0.384. The van der Waals surface area contributed by atoms with Gasteiger partial charge < -0.3 is 14.7 Å². The molecule has 0 unspecified atom stereocenters. The average Bonchev–Trinajstić information content (AvgIpc) is 2.42. The number of nitrogens with zero attached hydrogens (tertiary/aromatic N) is 2. The number of nitro groups is 1. The van der Waals surface area contributed by atoms with Crippen LogP contribution in [0.5, 0.6) is 5.75 Å². The van der Waals surface area contributed by atoms with E-state index in [2.05, 4.69) is 0 Å². The first-order chi connectivity index (χ1) is 9.08. The van der Waals surface area contributed by atoms with Gasteiger partial charge in [-0.25, -0.2) is 0 Å². The van der Waals surface area contributed by atoms with Crippen LogP contribution in [0, 0.1) is 10.1 Å². The summed E-state index contributed by atoms with van der Waals surface area (Å²) in [6.07, 6.45) is 0. The third-order valence-corrected chi connectivity index (χ3v) is 2.50. The number of hydrogen-bond acceptors (Lipinski definition) is 5. The van der Waals surface area contributed by atoms with Crippen LogP contribution in [-0.2, 0) is 4.79 Å². The van der Waals surface area contributed by atoms with E-state index in [0.29, 0.717) is 6.54 Å². The van der Waals surface area contributed by atoms with Gasteiger partial charge in [0.05, 0.1) is 17.6 Å². The number of hydrogen-bond donors (Lipinski definition) is 1. The zero-order valence-electron chi connectivity index (χ0n) is 10.6. The van der Waals surface area contributed by atoms with Crippen molar-refractivity contribution in [3.05, 3.63) is 34.4 Å². The highest BCUT2D eigenvalue weighted by Gasteiger charge is 2.12. The minimum atomic E-state index is -0.529. The summed E-state index contributed by atoms with van der Waals surface area (Å²) in [4.78, 5) is 23.2. The van der Waals surface area contributed by atoms with Crippen molar-refractivity contribution in [2.45, 2.75) is 6.92 Å². The molecule has 0 atom stereocenters. The second-order valence-electron chi connectivity index (χ2n) is 3.74. The summed E-state index contributed by atoms with van der Waals surface area (Å²) in [5.41, 5.74) is -0.0901. The molecular weight excluding hydrogens is 252 g/mol. The minimum Gasteiger partial charge on any atom is -0.484 e. The lowest BCUT2D eigenvalue weighted by Gasteiger charge is -2.19. The number of likely N-dealkylation sites (N-methyl/N-ethyl adjacent to an activating group) is 1. The van der Waals surface area contributed by atoms with Crippen LogP contribution >= 0.6 is 0 Å². The van der Waals surface area contributed by atoms with E-state index in [1.165, 1.54) is 23.1 Å². The molecule has 0 aliphatic carbocycles. The fourth-order valence-electron chi connectivity index (χ4n) is 1.50. The summed E-state index contributed by atoms with van der Waals surface area (Å²) in [5, 5.41) is 19.4. The number of benzene rings is 1. The maximum absolute atomic E-state index is 11.7. The van der Waals surface area contributed by atoms with Gasteiger partial charge in [0, 0.05) is 19.2 Å². The van der Waals surface area contributed by atoms with Gasteiger partial charge in [-0.15, -0.1) is 0 Å². The molecule has 0 aliphatic rings. The fraction of sp³-hybridized carbons (Fsp3) is 0.417. The number of amides is 1. The number of carbonyl (C=O) groups excluding carboxylic acids is 1. The van der Waals surface area contributed by atoms with Crippen molar-refractivity contribution in [1.29, 1.82) is 0 Å². The maximum Gasteiger partial charge on any atom is 0.273 e. The Labute approximate surface area is 110 Å². The Morgan fingerprint density at radius 2 is 2.26 bits per heavy atom. The standard InChI is InChI=1S/C12H16N2O5/c1-2-13(6-7-15)12(16)9-19-11-5-3-4-10(8-11)14(17)18/h3-5,8,15H,2,6-7,9H2,1H3. The topological polar surface area (TPSA) is 92.9 Å². The number of aliphatic hydroxyl groups excluding tert-OH is 1. The third kappa shape index (κ3) is 4.55. The van der Waals surface area contributed by atoms with Crippen molar-refractivity contribution in [2.24, 2.45) is 0 Å². The molecule has 7 heteroatoms. The molecule has 1 N–H and O–H groups in total. The van der Waals surface area contributed by atoms with Gasteiger partial charge in [-0.1, -0.05) is 6.07 Å². The number of ether oxygens (including phenoxy) is 1. The summed E-state index contributed by atoms with van der Waals surface area (Å²) in [6.45, 7) is 2.18. The normalized spacial score (nSPS) is 10.0. The van der Waals surface area contributed by atoms with Gasteiger partial charge in [-0.3, -0.25) is 14.9 Å². The Morgan fingerprint density at radius 1 is 1.53 bits per heavy atom. The summed E-state index contributed by atoms with van der Waals surface area (Å²) in [5.74, 6) is -0.00865. The van der Waals surface area contributed by atoms with Crippen LogP contribution in [0.15, 0.2) is 24.3 Å². The molecule has 0 radical (unpaired) electrons. The van der Waals surface area contributed by atoms with Gasteiger partial charge in [0.15, 0.2) is 6.61 Å². The predicted octanol–water partition coefficient (Wildman–Crippen LogP) is 0.814. The average molecular weight is 268 g/mol. The number of aliphatic hydroxyl groups is 1. The minimum absolute atomic E-state index is 0.0901. The van der Waals surface area contributed by atoms with E-state index in [1.807, 2.05) is 0 Å². The molecule has 0 fully saturated rings. The Morgan fingerprint density at radius 3 is 2.84 bits per heavy atom. The van der Waals surface area contributed by atoms with Crippen molar-refractivity contribution in [3.63, 3.8) is 0 Å². The highest BCUT2D eigenvalue weighted by Crippen LogP contribution is 2.18. The molecule has 1 aromatic rings. The zero-order chi connectivity index (χ0) is 14.3. The third-order valence-electron chi connectivity index (χ3n) is 2.50. The number of carbonyl (C=O) groups is 1. The SMILES string of the molecule is CCN(CCO)C(=O)COc1cccc([N+](=O)[O-])c1. The number of rotatable bonds is 7. The van der Waals surface area contributed by atoms with E-state index < -0.39 is 4.92 Å². The molecule has 1 amide bonds. The number of non-ortho nitro benzene ring substituents is 1. The first-order valence-electron chi connectivity index (χ1n) is 5.84. The summed E-state index contributed by atoms with van der Waals surface area (Å²) in [6, 6.07) is 5.64. The van der Waals surface area contributed by atoms with Crippen LogP contribution < -0.4 is 4.74 Å². The molecular formula is C12H16N2O5. The molecule has 0 bridgehead atoms. The van der Waals surface area contributed by atoms with Crippen LogP contribution in [-0.4, -0.2) is 47.1 Å². The lowest BCUT2D eigenvalue weighted by atomic mass is 10.3. The largest absolute Gasteiger partial charge is 0.484 e. The van der Waals surface area contributed by atoms with Gasteiger partial charge in [0.25, 0.3) is 11.6 Å². The highest BCUT2D eigenvalue weighted by molar-refractivity contribution is 5.77. The molecule has 0 spiro atoms. The van der Waals surface area contributed by atoms with Crippen molar-refractivity contribution >= 4 is 11.6 Å². The fourth-order valence-corrected chi connectivity index (χ4v) is 1.50. The first-order valence-corrected chi connectivity index (χ1v) is 5.84. The van der Waals surface area contributed by atoms with Gasteiger partial charge in [-0.2, -0.15) is 0 Å². The highest BCUT2D eigenvalue weighted by atomic mass is 16.6. The smallest absolute Gasteiger partial charge is 0.273 e. The van der Waals surface area contributed by atoms with Gasteiger partial charge in [0.2, 0.25) is 0 Å². The van der Waals surface area contributed by atoms with Gasteiger partial charge in [0.1, 0.15) is 5.75 Å². The van der Waals surface area contributed by atoms with E-state index in [4.69, 9.17) is 9.84 Å². The molecule has 1 rings (SSSR count). The van der Waals surface area contributed by atoms with E-state index >= 15 is 0 Å². The van der Waals surface area contributed by atoms with Crippen molar-refractivity contribution in [1.82, 2.24) is 4.90 Å². The van der Waals surface area contributed by atoms with Crippen LogP contribution in [0.1, 0.15) is 6.92 Å². The van der Waals surface area contributed by atoms with Crippen molar-refractivity contribution in [3.8, 4) is 5.75 Å². The van der Waals surface area contributed by atoms with E-state index in [0.717, 1.165) is 0 Å². The Kier molecular flexibility index (Phi) is 5.74. The van der Waals surface area contributed by atoms with Gasteiger partial charge in [-0.05, 0) is 13.0 Å². The van der Waals surface area contributed by atoms with E-state index in [9.17, 15) is 14.9 Å². The van der Waals surface area contributed by atoms with Gasteiger partial charge >= 0.3 is 0 Å². The molecule has 0 saturated heterocycles. The quantitative estimate of drug-likeness (QED) is 0.583. The molecule has 1 aromatic carbocycles. The van der Waals surface area contributed by atoms with E-state index in [1.54, 1.807) is 13.0 Å². The van der Waals surface area contributed by atoms with Crippen molar-refractivity contribution in [2.75, 3.05) is 26.3 Å². The molecule has 19 heavy (non-hydrogen) atoms. The predicted molar refractivity (Wildman–Crippen MR) is 67.9 cm³/mol. The van der Waals surface area contributed by atoms with Crippen LogP contribution in [0.4, 0.5) is 5.69 Å². The summed E-state index contributed by atoms with van der Waals surface area (Å²) < 4.78 is 5.21.